The number of nitriles is 1. The fourth-order valence-corrected chi connectivity index (χ4v) is 0.659. The largest absolute Gasteiger partial charge is 0.378 e. The first-order valence-electron chi connectivity index (χ1n) is 4.22. The third-order valence-corrected chi connectivity index (χ3v) is 1.64. The van der Waals surface area contributed by atoms with Crippen LogP contribution in [0.5, 0.6) is 0 Å². The minimum atomic E-state index is -0.547. The van der Waals surface area contributed by atoms with E-state index in [-0.39, 0.29) is 0 Å². The van der Waals surface area contributed by atoms with Crippen LogP contribution in [-0.4, -0.2) is 25.8 Å². The predicted molar refractivity (Wildman–Crippen MR) is 48.7 cm³/mol. The first kappa shape index (κ1) is 11.4. The lowest BCUT2D eigenvalue weighted by Crippen LogP contribution is -2.43. The van der Waals surface area contributed by atoms with E-state index in [0.717, 1.165) is 0 Å². The molecule has 0 fully saturated rings. The highest BCUT2D eigenvalue weighted by Gasteiger charge is 2.20. The van der Waals surface area contributed by atoms with Crippen LogP contribution in [0.4, 0.5) is 0 Å². The van der Waals surface area contributed by atoms with Crippen LogP contribution < -0.4 is 5.32 Å². The predicted octanol–water partition coefficient (Wildman–Crippen LogP) is 1.16. The maximum atomic E-state index is 8.76. The molecule has 0 aliphatic heterocycles. The molecule has 0 spiro atoms. The van der Waals surface area contributed by atoms with Gasteiger partial charge in [-0.25, -0.2) is 0 Å². The van der Waals surface area contributed by atoms with Crippen molar-refractivity contribution in [3.63, 3.8) is 0 Å². The van der Waals surface area contributed by atoms with E-state index in [9.17, 15) is 0 Å². The van der Waals surface area contributed by atoms with E-state index in [2.05, 4.69) is 25.2 Å². The maximum Gasteiger partial charge on any atom is 0.127 e. The highest BCUT2D eigenvalue weighted by atomic mass is 16.5. The van der Waals surface area contributed by atoms with Gasteiger partial charge in [0.05, 0.1) is 12.7 Å². The van der Waals surface area contributed by atoms with E-state index in [4.69, 9.17) is 10.00 Å². The Morgan fingerprint density at radius 3 is 2.50 bits per heavy atom. The molecule has 1 unspecified atom stereocenters. The number of ether oxygens (including phenoxy) is 1. The molecule has 0 saturated heterocycles. The fraction of sp³-hybridized carbons (Fsp3) is 0.889. The Morgan fingerprint density at radius 2 is 2.17 bits per heavy atom. The van der Waals surface area contributed by atoms with Crippen LogP contribution in [0.2, 0.25) is 0 Å². The Bertz CT molecular complexity index is 162. The fourth-order valence-electron chi connectivity index (χ4n) is 0.659. The Balaban J connectivity index is 3.68. The molecule has 0 heterocycles. The zero-order valence-electron chi connectivity index (χ0n) is 8.35. The minimum absolute atomic E-state index is 0.443. The summed E-state index contributed by atoms with van der Waals surface area (Å²) >= 11 is 0. The number of nitrogens with zero attached hydrogens (tertiary/aromatic N) is 1. The molecule has 70 valence electrons. The van der Waals surface area contributed by atoms with Crippen LogP contribution in [0.1, 0.15) is 20.8 Å². The number of hydrogen-bond donors (Lipinski definition) is 1. The molecular formula is C9H18N2O. The Morgan fingerprint density at radius 1 is 1.58 bits per heavy atom. The van der Waals surface area contributed by atoms with Crippen molar-refractivity contribution in [3.8, 4) is 6.07 Å². The van der Waals surface area contributed by atoms with Crippen LogP contribution in [0.3, 0.4) is 0 Å². The van der Waals surface area contributed by atoms with Crippen molar-refractivity contribution < 1.29 is 4.74 Å². The van der Waals surface area contributed by atoms with Crippen molar-refractivity contribution in [3.05, 3.63) is 0 Å². The zero-order chi connectivity index (χ0) is 9.61. The molecule has 12 heavy (non-hydrogen) atoms. The van der Waals surface area contributed by atoms with Gasteiger partial charge in [-0.05, 0) is 19.9 Å². The summed E-state index contributed by atoms with van der Waals surface area (Å²) in [5.74, 6) is 0.518. The minimum Gasteiger partial charge on any atom is -0.378 e. The zero-order valence-corrected chi connectivity index (χ0v) is 8.35. The number of hydrogen-bond acceptors (Lipinski definition) is 3. The van der Waals surface area contributed by atoms with Crippen molar-refractivity contribution >= 4 is 0 Å². The smallest absolute Gasteiger partial charge is 0.127 e. The van der Waals surface area contributed by atoms with Gasteiger partial charge in [-0.3, -0.25) is 0 Å². The number of nitrogens with one attached hydrogen (secondary N) is 1. The molecule has 0 aromatic heterocycles. The Kier molecular flexibility index (Phi) is 4.87. The Hall–Kier alpha value is -0.590. The monoisotopic (exact) mass is 170 g/mol. The molecule has 0 aromatic rings. The summed E-state index contributed by atoms with van der Waals surface area (Å²) in [7, 11) is 1.77. The number of rotatable bonds is 5. The Labute approximate surface area is 74.7 Å². The molecule has 3 nitrogen and oxygen atoms in total. The molecule has 0 rings (SSSR count). The molecule has 0 radical (unpaired) electrons. The molecule has 0 aromatic carbocycles. The van der Waals surface area contributed by atoms with Crippen LogP contribution in [0.15, 0.2) is 0 Å². The quantitative estimate of drug-likeness (QED) is 0.673. The van der Waals surface area contributed by atoms with Crippen molar-refractivity contribution in [2.45, 2.75) is 26.3 Å². The molecule has 0 saturated carbocycles. The van der Waals surface area contributed by atoms with E-state index in [1.54, 1.807) is 7.05 Å². The highest BCUT2D eigenvalue weighted by molar-refractivity contribution is 5.02. The van der Waals surface area contributed by atoms with Crippen molar-refractivity contribution in [2.24, 2.45) is 5.92 Å². The topological polar surface area (TPSA) is 45.0 Å². The van der Waals surface area contributed by atoms with Crippen molar-refractivity contribution in [1.29, 1.82) is 5.26 Å². The molecule has 1 atom stereocenters. The standard InChI is InChI=1S/C9H18N2O/c1-8(2)5-12-7-9(3,6-10)11-4/h8,11H,5,7H2,1-4H3. The van der Waals surface area contributed by atoms with Gasteiger partial charge in [0.2, 0.25) is 0 Å². The molecule has 0 aliphatic rings. The SMILES string of the molecule is CNC(C)(C#N)COCC(C)C. The van der Waals surface area contributed by atoms with Gasteiger partial charge in [-0.2, -0.15) is 5.26 Å². The van der Waals surface area contributed by atoms with Gasteiger partial charge >= 0.3 is 0 Å². The summed E-state index contributed by atoms with van der Waals surface area (Å²) < 4.78 is 5.36. The summed E-state index contributed by atoms with van der Waals surface area (Å²) in [5, 5.41) is 11.7. The normalized spacial score (nSPS) is 15.7. The summed E-state index contributed by atoms with van der Waals surface area (Å²) in [6.07, 6.45) is 0. The number of likely N-dealkylation sites (N-methyl/N-ethyl adjacent to an activating group) is 1. The summed E-state index contributed by atoms with van der Waals surface area (Å²) in [4.78, 5) is 0. The average molecular weight is 170 g/mol. The van der Waals surface area contributed by atoms with Crippen LogP contribution in [-0.2, 0) is 4.74 Å². The maximum absolute atomic E-state index is 8.76. The summed E-state index contributed by atoms with van der Waals surface area (Å²) in [5.41, 5.74) is -0.547. The molecule has 0 amide bonds. The van der Waals surface area contributed by atoms with Gasteiger partial charge in [-0.1, -0.05) is 13.8 Å². The lowest BCUT2D eigenvalue weighted by molar-refractivity contribution is 0.0787. The second kappa shape index (κ2) is 5.13. The van der Waals surface area contributed by atoms with Gasteiger partial charge in [0.1, 0.15) is 5.54 Å². The van der Waals surface area contributed by atoms with Gasteiger partial charge < -0.3 is 10.1 Å². The van der Waals surface area contributed by atoms with E-state index in [1.165, 1.54) is 0 Å². The van der Waals surface area contributed by atoms with Gasteiger partial charge in [-0.15, -0.1) is 0 Å². The van der Waals surface area contributed by atoms with Crippen LogP contribution in [0, 0.1) is 17.2 Å². The lowest BCUT2D eigenvalue weighted by Gasteiger charge is -2.20. The second-order valence-electron chi connectivity index (χ2n) is 3.60. The third kappa shape index (κ3) is 4.32. The molecule has 0 bridgehead atoms. The second-order valence-corrected chi connectivity index (χ2v) is 3.60. The summed E-state index contributed by atoms with van der Waals surface area (Å²) in [6, 6.07) is 2.17. The molecule has 1 N–H and O–H groups in total. The first-order chi connectivity index (χ1) is 5.54. The van der Waals surface area contributed by atoms with Gasteiger partial charge in [0, 0.05) is 6.61 Å². The van der Waals surface area contributed by atoms with E-state index < -0.39 is 5.54 Å². The molecule has 3 heteroatoms. The third-order valence-electron chi connectivity index (χ3n) is 1.64. The first-order valence-corrected chi connectivity index (χ1v) is 4.22. The van der Waals surface area contributed by atoms with Gasteiger partial charge in [0.25, 0.3) is 0 Å². The van der Waals surface area contributed by atoms with Crippen LogP contribution in [0.25, 0.3) is 0 Å². The molecule has 0 aliphatic carbocycles. The lowest BCUT2D eigenvalue weighted by atomic mass is 10.1. The van der Waals surface area contributed by atoms with Crippen molar-refractivity contribution in [2.75, 3.05) is 20.3 Å². The van der Waals surface area contributed by atoms with E-state index in [1.807, 2.05) is 6.92 Å². The molecular weight excluding hydrogens is 152 g/mol. The van der Waals surface area contributed by atoms with Gasteiger partial charge in [0.15, 0.2) is 0 Å². The van der Waals surface area contributed by atoms with Crippen molar-refractivity contribution in [1.82, 2.24) is 5.32 Å². The summed E-state index contributed by atoms with van der Waals surface area (Å²) in [6.45, 7) is 7.15. The van der Waals surface area contributed by atoms with E-state index in [0.29, 0.717) is 19.1 Å². The van der Waals surface area contributed by atoms with Crippen LogP contribution >= 0.6 is 0 Å². The highest BCUT2D eigenvalue weighted by Crippen LogP contribution is 2.02. The average Bonchev–Trinajstić information content (AvgIpc) is 2.03. The van der Waals surface area contributed by atoms with E-state index >= 15 is 0 Å².